The van der Waals surface area contributed by atoms with E-state index < -0.39 is 0 Å². The van der Waals surface area contributed by atoms with Crippen molar-refractivity contribution in [1.29, 1.82) is 0 Å². The number of carbonyl (C=O) groups is 1. The summed E-state index contributed by atoms with van der Waals surface area (Å²) in [6.07, 6.45) is 0.735. The van der Waals surface area contributed by atoms with Gasteiger partial charge < -0.3 is 0 Å². The number of hydrogen-bond acceptors (Lipinski definition) is 2. The van der Waals surface area contributed by atoms with Crippen molar-refractivity contribution in [3.63, 3.8) is 0 Å². The largest absolute Gasteiger partial charge is 0.298 e. The molecule has 0 saturated carbocycles. The van der Waals surface area contributed by atoms with Gasteiger partial charge in [0.1, 0.15) is 5.82 Å². The summed E-state index contributed by atoms with van der Waals surface area (Å²) in [5, 5.41) is 3.78. The van der Waals surface area contributed by atoms with Crippen molar-refractivity contribution >= 4 is 33.6 Å². The fourth-order valence-corrected chi connectivity index (χ4v) is 2.85. The molecular formula is C11H6BrFOS. The molecule has 0 fully saturated rings. The average molecular weight is 285 g/mol. The Morgan fingerprint density at radius 3 is 2.67 bits per heavy atom. The van der Waals surface area contributed by atoms with E-state index in [1.165, 1.54) is 29.5 Å². The van der Waals surface area contributed by atoms with Crippen LogP contribution in [0, 0.1) is 5.82 Å². The van der Waals surface area contributed by atoms with Crippen LogP contribution in [0.4, 0.5) is 4.39 Å². The molecule has 15 heavy (non-hydrogen) atoms. The van der Waals surface area contributed by atoms with Crippen LogP contribution in [0.15, 0.2) is 33.4 Å². The number of aldehydes is 1. The van der Waals surface area contributed by atoms with Crippen LogP contribution in [0.25, 0.3) is 11.1 Å². The second-order valence-electron chi connectivity index (χ2n) is 2.98. The van der Waals surface area contributed by atoms with Gasteiger partial charge in [-0.05, 0) is 45.1 Å². The Kier molecular flexibility index (Phi) is 2.98. The molecule has 2 rings (SSSR count). The smallest absolute Gasteiger partial charge is 0.150 e. The summed E-state index contributed by atoms with van der Waals surface area (Å²) in [6.45, 7) is 0. The van der Waals surface area contributed by atoms with Gasteiger partial charge in [0, 0.05) is 21.0 Å². The predicted molar refractivity (Wildman–Crippen MR) is 62.8 cm³/mol. The molecule has 0 aliphatic heterocycles. The summed E-state index contributed by atoms with van der Waals surface area (Å²) in [7, 11) is 0. The number of halogens is 2. The number of carbonyl (C=O) groups excluding carboxylic acids is 1. The van der Waals surface area contributed by atoms with E-state index in [1.807, 2.05) is 10.8 Å². The van der Waals surface area contributed by atoms with Crippen LogP contribution in [-0.4, -0.2) is 6.29 Å². The molecule has 0 spiro atoms. The lowest BCUT2D eigenvalue weighted by atomic mass is 10.0. The van der Waals surface area contributed by atoms with Crippen molar-refractivity contribution in [3.05, 3.63) is 44.8 Å². The van der Waals surface area contributed by atoms with E-state index >= 15 is 0 Å². The van der Waals surface area contributed by atoms with Gasteiger partial charge in [0.05, 0.1) is 0 Å². The van der Waals surface area contributed by atoms with E-state index in [0.717, 1.165) is 16.3 Å². The molecule has 76 valence electrons. The number of benzene rings is 1. The fourth-order valence-electron chi connectivity index (χ4n) is 1.34. The first-order valence-electron chi connectivity index (χ1n) is 4.19. The van der Waals surface area contributed by atoms with Crippen LogP contribution in [0.3, 0.4) is 0 Å². The van der Waals surface area contributed by atoms with E-state index in [4.69, 9.17) is 0 Å². The molecule has 1 heterocycles. The Morgan fingerprint density at radius 2 is 2.07 bits per heavy atom. The van der Waals surface area contributed by atoms with Gasteiger partial charge in [-0.1, -0.05) is 0 Å². The van der Waals surface area contributed by atoms with E-state index in [9.17, 15) is 9.18 Å². The molecular weight excluding hydrogens is 279 g/mol. The van der Waals surface area contributed by atoms with Gasteiger partial charge in [0.15, 0.2) is 6.29 Å². The topological polar surface area (TPSA) is 17.1 Å². The van der Waals surface area contributed by atoms with Crippen LogP contribution in [-0.2, 0) is 0 Å². The van der Waals surface area contributed by atoms with Crippen LogP contribution in [0.1, 0.15) is 10.4 Å². The van der Waals surface area contributed by atoms with E-state index in [0.29, 0.717) is 11.1 Å². The lowest BCUT2D eigenvalue weighted by molar-refractivity contribution is 0.112. The summed E-state index contributed by atoms with van der Waals surface area (Å²) < 4.78 is 14.0. The highest BCUT2D eigenvalue weighted by Crippen LogP contribution is 2.33. The molecule has 2 aromatic rings. The van der Waals surface area contributed by atoms with Crippen molar-refractivity contribution in [2.24, 2.45) is 0 Å². The van der Waals surface area contributed by atoms with Gasteiger partial charge in [-0.25, -0.2) is 4.39 Å². The molecule has 1 nitrogen and oxygen atoms in total. The summed E-state index contributed by atoms with van der Waals surface area (Å²) in [5.74, 6) is -0.339. The average Bonchev–Trinajstić information content (AvgIpc) is 2.64. The lowest BCUT2D eigenvalue weighted by Crippen LogP contribution is -1.88. The standard InChI is InChI=1S/C11H6BrFOS/c12-11-6-15-5-10(11)9-3-8(13)2-1-7(9)4-14/h1-6H. The molecule has 0 saturated heterocycles. The Morgan fingerprint density at radius 1 is 1.27 bits per heavy atom. The van der Waals surface area contributed by atoms with Gasteiger partial charge in [-0.15, -0.1) is 0 Å². The molecule has 1 aromatic heterocycles. The summed E-state index contributed by atoms with van der Waals surface area (Å²) in [4.78, 5) is 10.8. The molecule has 0 aliphatic rings. The highest BCUT2D eigenvalue weighted by atomic mass is 79.9. The first-order valence-corrected chi connectivity index (χ1v) is 5.92. The zero-order valence-electron chi connectivity index (χ0n) is 7.54. The fraction of sp³-hybridized carbons (Fsp3) is 0. The van der Waals surface area contributed by atoms with E-state index in [2.05, 4.69) is 15.9 Å². The summed E-state index contributed by atoms with van der Waals surface area (Å²) >= 11 is 4.86. The van der Waals surface area contributed by atoms with Crippen LogP contribution >= 0.6 is 27.3 Å². The maximum Gasteiger partial charge on any atom is 0.150 e. The molecule has 0 aliphatic carbocycles. The van der Waals surface area contributed by atoms with Crippen molar-refractivity contribution in [2.45, 2.75) is 0 Å². The first-order chi connectivity index (χ1) is 7.22. The maximum absolute atomic E-state index is 13.1. The van der Waals surface area contributed by atoms with Gasteiger partial charge in [0.25, 0.3) is 0 Å². The van der Waals surface area contributed by atoms with Crippen molar-refractivity contribution in [2.75, 3.05) is 0 Å². The predicted octanol–water partition coefficient (Wildman–Crippen LogP) is 4.13. The number of hydrogen-bond donors (Lipinski definition) is 0. The number of thiophene rings is 1. The van der Waals surface area contributed by atoms with Crippen molar-refractivity contribution in [3.8, 4) is 11.1 Å². The second kappa shape index (κ2) is 4.24. The van der Waals surface area contributed by atoms with E-state index in [1.54, 1.807) is 0 Å². The molecule has 0 N–H and O–H groups in total. The van der Waals surface area contributed by atoms with Gasteiger partial charge >= 0.3 is 0 Å². The molecule has 0 amide bonds. The molecule has 0 atom stereocenters. The Bertz CT molecular complexity index is 507. The van der Waals surface area contributed by atoms with Gasteiger partial charge in [-0.2, -0.15) is 11.3 Å². The maximum atomic E-state index is 13.1. The normalized spacial score (nSPS) is 10.3. The van der Waals surface area contributed by atoms with Crippen LogP contribution in [0.5, 0.6) is 0 Å². The minimum Gasteiger partial charge on any atom is -0.298 e. The quantitative estimate of drug-likeness (QED) is 0.758. The van der Waals surface area contributed by atoms with Crippen LogP contribution in [0.2, 0.25) is 0 Å². The van der Waals surface area contributed by atoms with Crippen molar-refractivity contribution < 1.29 is 9.18 Å². The minimum absolute atomic E-state index is 0.339. The minimum atomic E-state index is -0.339. The summed E-state index contributed by atoms with van der Waals surface area (Å²) in [5.41, 5.74) is 1.97. The Balaban J connectivity index is 2.65. The third-order valence-corrected chi connectivity index (χ3v) is 3.75. The first kappa shape index (κ1) is 10.5. The Labute approximate surface area is 98.7 Å². The highest BCUT2D eigenvalue weighted by Gasteiger charge is 2.09. The van der Waals surface area contributed by atoms with E-state index in [-0.39, 0.29) is 5.82 Å². The van der Waals surface area contributed by atoms with Crippen LogP contribution < -0.4 is 0 Å². The molecule has 0 unspecified atom stereocenters. The number of rotatable bonds is 2. The zero-order chi connectivity index (χ0) is 10.8. The second-order valence-corrected chi connectivity index (χ2v) is 4.58. The Hall–Kier alpha value is -1.00. The van der Waals surface area contributed by atoms with Gasteiger partial charge in [0.2, 0.25) is 0 Å². The monoisotopic (exact) mass is 284 g/mol. The third-order valence-electron chi connectivity index (χ3n) is 2.05. The molecule has 1 aromatic carbocycles. The molecule has 0 bridgehead atoms. The summed E-state index contributed by atoms with van der Waals surface area (Å²) in [6, 6.07) is 4.14. The van der Waals surface area contributed by atoms with Gasteiger partial charge in [-0.3, -0.25) is 4.79 Å². The molecule has 4 heteroatoms. The molecule has 0 radical (unpaired) electrons. The highest BCUT2D eigenvalue weighted by molar-refractivity contribution is 9.10. The van der Waals surface area contributed by atoms with Crippen molar-refractivity contribution in [1.82, 2.24) is 0 Å². The lowest BCUT2D eigenvalue weighted by Gasteiger charge is -2.03. The zero-order valence-corrected chi connectivity index (χ0v) is 9.94. The SMILES string of the molecule is O=Cc1ccc(F)cc1-c1cscc1Br. The third kappa shape index (κ3) is 2.01.